The number of rotatable bonds is 5. The molecular weight excluding hydrogens is 316 g/mol. The van der Waals surface area contributed by atoms with E-state index < -0.39 is 0 Å². The minimum Gasteiger partial charge on any atom is -0.342 e. The van der Waals surface area contributed by atoms with Gasteiger partial charge in [-0.1, -0.05) is 13.3 Å². The van der Waals surface area contributed by atoms with Crippen molar-refractivity contribution in [2.24, 2.45) is 5.41 Å². The predicted molar refractivity (Wildman–Crippen MR) is 96.2 cm³/mol. The van der Waals surface area contributed by atoms with E-state index >= 15 is 0 Å². The smallest absolute Gasteiger partial charge is 0.274 e. The molecule has 2 amide bonds. The number of carbonyl (C=O) groups excluding carboxylic acids is 2. The van der Waals surface area contributed by atoms with Gasteiger partial charge in [-0.2, -0.15) is 5.10 Å². The van der Waals surface area contributed by atoms with E-state index in [1.54, 1.807) is 4.68 Å². The number of aryl methyl sites for hydroxylation is 1. The molecule has 0 radical (unpaired) electrons. The van der Waals surface area contributed by atoms with Crippen LogP contribution in [0, 0.1) is 5.41 Å². The van der Waals surface area contributed by atoms with Crippen LogP contribution in [0.1, 0.15) is 62.9 Å². The van der Waals surface area contributed by atoms with Gasteiger partial charge in [-0.15, -0.1) is 0 Å². The first-order chi connectivity index (χ1) is 12.1. The van der Waals surface area contributed by atoms with Crippen molar-refractivity contribution in [2.45, 2.75) is 58.9 Å². The van der Waals surface area contributed by atoms with Crippen molar-refractivity contribution >= 4 is 11.8 Å². The molecule has 25 heavy (non-hydrogen) atoms. The van der Waals surface area contributed by atoms with E-state index in [-0.39, 0.29) is 17.2 Å². The summed E-state index contributed by atoms with van der Waals surface area (Å²) in [5, 5.41) is 4.37. The van der Waals surface area contributed by atoms with E-state index in [0.29, 0.717) is 12.1 Å². The van der Waals surface area contributed by atoms with E-state index in [0.717, 1.165) is 64.8 Å². The maximum absolute atomic E-state index is 12.8. The third-order valence-electron chi connectivity index (χ3n) is 5.66. The van der Waals surface area contributed by atoms with Crippen LogP contribution in [0.15, 0.2) is 12.3 Å². The molecule has 0 saturated carbocycles. The number of nitrogens with zero attached hydrogens (tertiary/aromatic N) is 4. The Morgan fingerprint density at radius 2 is 2.12 bits per heavy atom. The molecule has 0 bridgehead atoms. The van der Waals surface area contributed by atoms with Gasteiger partial charge in [0.05, 0.1) is 0 Å². The topological polar surface area (TPSA) is 58.4 Å². The van der Waals surface area contributed by atoms with Crippen molar-refractivity contribution in [1.82, 2.24) is 19.6 Å². The summed E-state index contributed by atoms with van der Waals surface area (Å²) in [4.78, 5) is 29.1. The number of amides is 2. The zero-order valence-corrected chi connectivity index (χ0v) is 15.5. The lowest BCUT2D eigenvalue weighted by Gasteiger charge is -2.48. The van der Waals surface area contributed by atoms with Crippen molar-refractivity contribution in [3.63, 3.8) is 0 Å². The van der Waals surface area contributed by atoms with Gasteiger partial charge >= 0.3 is 0 Å². The van der Waals surface area contributed by atoms with Gasteiger partial charge in [0.15, 0.2) is 0 Å². The van der Waals surface area contributed by atoms with Crippen LogP contribution in [0.25, 0.3) is 0 Å². The van der Waals surface area contributed by atoms with Crippen LogP contribution < -0.4 is 0 Å². The number of aromatic nitrogens is 2. The van der Waals surface area contributed by atoms with Gasteiger partial charge < -0.3 is 9.80 Å². The fourth-order valence-corrected chi connectivity index (χ4v) is 4.18. The third-order valence-corrected chi connectivity index (χ3v) is 5.66. The average molecular weight is 346 g/mol. The highest BCUT2D eigenvalue weighted by Crippen LogP contribution is 2.39. The fourth-order valence-electron chi connectivity index (χ4n) is 4.18. The Morgan fingerprint density at radius 1 is 1.28 bits per heavy atom. The largest absolute Gasteiger partial charge is 0.342 e. The van der Waals surface area contributed by atoms with Gasteiger partial charge in [-0.3, -0.25) is 14.3 Å². The molecule has 1 aromatic heterocycles. The first-order valence-electron chi connectivity index (χ1n) is 9.67. The zero-order valence-electron chi connectivity index (χ0n) is 15.5. The number of hydrogen-bond donors (Lipinski definition) is 0. The molecule has 1 aromatic rings. The second-order valence-corrected chi connectivity index (χ2v) is 7.56. The molecule has 6 nitrogen and oxygen atoms in total. The van der Waals surface area contributed by atoms with Gasteiger partial charge in [0.2, 0.25) is 5.91 Å². The highest BCUT2D eigenvalue weighted by atomic mass is 16.2. The number of unbranched alkanes of at least 4 members (excludes halogenated alkanes) is 1. The number of carbonyl (C=O) groups is 2. The molecule has 0 N–H and O–H groups in total. The minimum atomic E-state index is 0.0308. The minimum absolute atomic E-state index is 0.0308. The summed E-state index contributed by atoms with van der Waals surface area (Å²) in [5.74, 6) is 0.312. The van der Waals surface area contributed by atoms with E-state index in [2.05, 4.69) is 12.0 Å². The molecule has 3 rings (SSSR count). The zero-order chi connectivity index (χ0) is 17.9. The lowest BCUT2D eigenvalue weighted by molar-refractivity contribution is -0.139. The molecule has 0 aliphatic carbocycles. The number of hydrogen-bond acceptors (Lipinski definition) is 3. The standard InChI is InChI=1S/C19H30N4O2/c1-3-5-11-21-14-19(10-7-17(21)24)9-6-12-22(15-19)18(25)16-8-13-23(4-2)20-16/h8,13H,3-7,9-12,14-15H2,1-2H3/t19-/m0/s1. The Labute approximate surface area is 150 Å². The third kappa shape index (κ3) is 3.88. The fraction of sp³-hybridized carbons (Fsp3) is 0.737. The summed E-state index contributed by atoms with van der Waals surface area (Å²) in [7, 11) is 0. The maximum Gasteiger partial charge on any atom is 0.274 e. The van der Waals surface area contributed by atoms with E-state index in [1.807, 2.05) is 29.0 Å². The summed E-state index contributed by atoms with van der Waals surface area (Å²) in [6.07, 6.45) is 7.66. The van der Waals surface area contributed by atoms with Crippen LogP contribution >= 0.6 is 0 Å². The van der Waals surface area contributed by atoms with E-state index in [4.69, 9.17) is 0 Å². The Hall–Kier alpha value is -1.85. The highest BCUT2D eigenvalue weighted by molar-refractivity contribution is 5.92. The summed E-state index contributed by atoms with van der Waals surface area (Å²) in [6, 6.07) is 1.81. The van der Waals surface area contributed by atoms with Gasteiger partial charge in [-0.05, 0) is 38.7 Å². The van der Waals surface area contributed by atoms with E-state index in [1.165, 1.54) is 0 Å². The molecule has 6 heteroatoms. The average Bonchev–Trinajstić information content (AvgIpc) is 3.11. The molecule has 1 atom stereocenters. The summed E-state index contributed by atoms with van der Waals surface area (Å²) in [6.45, 7) is 8.14. The monoisotopic (exact) mass is 346 g/mol. The van der Waals surface area contributed by atoms with Crippen molar-refractivity contribution in [1.29, 1.82) is 0 Å². The Morgan fingerprint density at radius 3 is 2.84 bits per heavy atom. The second-order valence-electron chi connectivity index (χ2n) is 7.56. The lowest BCUT2D eigenvalue weighted by atomic mass is 9.73. The Kier molecular flexibility index (Phi) is 5.45. The number of likely N-dealkylation sites (tertiary alicyclic amines) is 2. The maximum atomic E-state index is 12.8. The van der Waals surface area contributed by atoms with Crippen LogP contribution in [0.4, 0.5) is 0 Å². The van der Waals surface area contributed by atoms with Crippen molar-refractivity contribution in [3.8, 4) is 0 Å². The Balaban J connectivity index is 1.69. The molecule has 1 spiro atoms. The van der Waals surface area contributed by atoms with Crippen LogP contribution in [0.2, 0.25) is 0 Å². The normalized spacial score (nSPS) is 24.2. The highest BCUT2D eigenvalue weighted by Gasteiger charge is 2.42. The SMILES string of the molecule is CCCCN1C[C@]2(CCCN(C(=O)c3ccn(CC)n3)C2)CCC1=O. The molecule has 0 unspecified atom stereocenters. The van der Waals surface area contributed by atoms with E-state index in [9.17, 15) is 9.59 Å². The molecule has 2 aliphatic heterocycles. The first-order valence-corrected chi connectivity index (χ1v) is 9.67. The molecule has 2 fully saturated rings. The van der Waals surface area contributed by atoms with Crippen molar-refractivity contribution in [3.05, 3.63) is 18.0 Å². The Bertz CT molecular complexity index is 627. The lowest BCUT2D eigenvalue weighted by Crippen LogP contribution is -2.55. The van der Waals surface area contributed by atoms with Crippen LogP contribution in [0.3, 0.4) is 0 Å². The van der Waals surface area contributed by atoms with Gasteiger partial charge in [0.25, 0.3) is 5.91 Å². The van der Waals surface area contributed by atoms with Gasteiger partial charge in [0, 0.05) is 50.8 Å². The predicted octanol–water partition coefficient (Wildman–Crippen LogP) is 2.55. The molecule has 2 saturated heterocycles. The molecular formula is C19H30N4O2. The summed E-state index contributed by atoms with van der Waals surface area (Å²) < 4.78 is 1.79. The van der Waals surface area contributed by atoms with Crippen LogP contribution in [0.5, 0.6) is 0 Å². The molecule has 3 heterocycles. The van der Waals surface area contributed by atoms with Gasteiger partial charge in [0.1, 0.15) is 5.69 Å². The van der Waals surface area contributed by atoms with Crippen LogP contribution in [-0.2, 0) is 11.3 Å². The number of piperidine rings is 2. The van der Waals surface area contributed by atoms with Crippen molar-refractivity contribution in [2.75, 3.05) is 26.2 Å². The summed E-state index contributed by atoms with van der Waals surface area (Å²) >= 11 is 0. The molecule has 0 aromatic carbocycles. The molecule has 2 aliphatic rings. The van der Waals surface area contributed by atoms with Gasteiger partial charge in [-0.25, -0.2) is 0 Å². The summed E-state index contributed by atoms with van der Waals surface area (Å²) in [5.41, 5.74) is 0.608. The first kappa shape index (κ1) is 18.0. The quantitative estimate of drug-likeness (QED) is 0.823. The molecule has 138 valence electrons. The van der Waals surface area contributed by atoms with Crippen LogP contribution in [-0.4, -0.2) is 57.6 Å². The van der Waals surface area contributed by atoms with Crippen molar-refractivity contribution < 1.29 is 9.59 Å². The second kappa shape index (κ2) is 7.58.